The maximum Gasteiger partial charge on any atom is 0.0707 e. The molecule has 3 aromatic rings. The highest BCUT2D eigenvalue weighted by Crippen LogP contribution is 2.33. The number of benzene rings is 3. The van der Waals surface area contributed by atoms with E-state index in [0.717, 1.165) is 27.4 Å². The van der Waals surface area contributed by atoms with Gasteiger partial charge in [0, 0.05) is 5.39 Å². The van der Waals surface area contributed by atoms with Crippen LogP contribution in [0.1, 0.15) is 6.42 Å². The van der Waals surface area contributed by atoms with Crippen LogP contribution in [0.5, 0.6) is 0 Å². The summed E-state index contributed by atoms with van der Waals surface area (Å²) in [7, 11) is 0. The van der Waals surface area contributed by atoms with Crippen LogP contribution in [0.15, 0.2) is 83.4 Å². The quantitative estimate of drug-likeness (QED) is 0.393. The fraction of sp³-hybridized carbons (Fsp3) is 0.0500. The zero-order chi connectivity index (χ0) is 14.9. The van der Waals surface area contributed by atoms with Crippen LogP contribution in [0.3, 0.4) is 0 Å². The van der Waals surface area contributed by atoms with Crippen molar-refractivity contribution in [3.05, 3.63) is 78.4 Å². The van der Waals surface area contributed by atoms with E-state index in [9.17, 15) is 5.11 Å². The van der Waals surface area contributed by atoms with Crippen molar-refractivity contribution in [2.24, 2.45) is 4.99 Å². The van der Waals surface area contributed by atoms with E-state index >= 15 is 0 Å². The van der Waals surface area contributed by atoms with Gasteiger partial charge in [0.1, 0.15) is 0 Å². The molecule has 1 aliphatic rings. The van der Waals surface area contributed by atoms with Gasteiger partial charge in [-0.1, -0.05) is 66.8 Å². The van der Waals surface area contributed by atoms with Crippen molar-refractivity contribution >= 4 is 33.1 Å². The zero-order valence-electron chi connectivity index (χ0n) is 12.0. The lowest BCUT2D eigenvalue weighted by molar-refractivity contribution is -0.213. The van der Waals surface area contributed by atoms with Crippen molar-refractivity contribution in [3.63, 3.8) is 0 Å². The summed E-state index contributed by atoms with van der Waals surface area (Å²) in [6.07, 6.45) is 6.39. The van der Waals surface area contributed by atoms with Crippen LogP contribution in [-0.2, 0) is 0 Å². The van der Waals surface area contributed by atoms with Crippen LogP contribution in [0.25, 0.3) is 21.5 Å². The van der Waals surface area contributed by atoms with E-state index in [0.29, 0.717) is 6.42 Å². The van der Waals surface area contributed by atoms with E-state index in [1.807, 2.05) is 54.6 Å². The van der Waals surface area contributed by atoms with E-state index in [1.165, 1.54) is 5.39 Å². The summed E-state index contributed by atoms with van der Waals surface area (Å²) in [5.74, 6) is -0.148. The van der Waals surface area contributed by atoms with Gasteiger partial charge in [-0.15, -0.1) is 0 Å². The molecule has 0 saturated carbocycles. The van der Waals surface area contributed by atoms with Crippen molar-refractivity contribution in [3.8, 4) is 0 Å². The Hall–Kier alpha value is -2.87. The van der Waals surface area contributed by atoms with Gasteiger partial charge in [0.25, 0.3) is 0 Å². The molecule has 22 heavy (non-hydrogen) atoms. The molecule has 1 aliphatic carbocycles. The van der Waals surface area contributed by atoms with Gasteiger partial charge in [-0.2, -0.15) is 0 Å². The Morgan fingerprint density at radius 1 is 0.909 bits per heavy atom. The summed E-state index contributed by atoms with van der Waals surface area (Å²) < 4.78 is 0. The third-order valence-electron chi connectivity index (χ3n) is 4.01. The summed E-state index contributed by atoms with van der Waals surface area (Å²) in [5.41, 5.74) is 1.49. The fourth-order valence-corrected chi connectivity index (χ4v) is 2.91. The predicted molar refractivity (Wildman–Crippen MR) is 90.4 cm³/mol. The number of fused-ring (bicyclic) bond motifs is 3. The number of rotatable bonds is 2. The van der Waals surface area contributed by atoms with Crippen LogP contribution in [0.4, 0.5) is 5.69 Å². The molecule has 0 spiro atoms. The number of nitrogens with zero attached hydrogens (tertiary/aromatic N) is 1. The summed E-state index contributed by atoms with van der Waals surface area (Å²) in [6, 6.07) is 18.3. The van der Waals surface area contributed by atoms with Crippen LogP contribution in [-0.4, -0.2) is 5.90 Å². The third kappa shape index (κ3) is 2.09. The first-order chi connectivity index (χ1) is 10.8. The molecule has 0 radical (unpaired) electrons. The molecule has 0 bridgehead atoms. The number of hydrogen-bond acceptors (Lipinski definition) is 2. The Kier molecular flexibility index (Phi) is 3.01. The predicted octanol–water partition coefficient (Wildman–Crippen LogP) is 4.27. The summed E-state index contributed by atoms with van der Waals surface area (Å²) in [6.45, 7) is 0. The lowest BCUT2D eigenvalue weighted by atomic mass is 10.0. The molecule has 2 heteroatoms. The van der Waals surface area contributed by atoms with Gasteiger partial charge in [-0.3, -0.25) is 4.99 Å². The molecule has 106 valence electrons. The first-order valence-electron chi connectivity index (χ1n) is 7.35. The Bertz CT molecular complexity index is 964. The van der Waals surface area contributed by atoms with E-state index < -0.39 is 0 Å². The minimum Gasteiger partial charge on any atom is -0.858 e. The van der Waals surface area contributed by atoms with Gasteiger partial charge >= 0.3 is 0 Å². The number of allylic oxidation sites excluding steroid dienone is 3. The van der Waals surface area contributed by atoms with Crippen molar-refractivity contribution in [2.75, 3.05) is 0 Å². The average molecular weight is 284 g/mol. The lowest BCUT2D eigenvalue weighted by Crippen LogP contribution is -2.18. The molecule has 0 N–H and O–H groups in total. The third-order valence-corrected chi connectivity index (χ3v) is 4.01. The number of hydrogen-bond donors (Lipinski definition) is 0. The fourth-order valence-electron chi connectivity index (χ4n) is 2.91. The van der Waals surface area contributed by atoms with Crippen LogP contribution in [0, 0.1) is 0 Å². The Balaban J connectivity index is 1.98. The second kappa shape index (κ2) is 5.15. The maximum absolute atomic E-state index is 12.3. The second-order valence-corrected chi connectivity index (χ2v) is 5.40. The molecule has 0 amide bonds. The Morgan fingerprint density at radius 3 is 2.41 bits per heavy atom. The van der Waals surface area contributed by atoms with Crippen LogP contribution in [0.2, 0.25) is 0 Å². The van der Waals surface area contributed by atoms with E-state index in [4.69, 9.17) is 0 Å². The minimum atomic E-state index is -0.148. The molecular weight excluding hydrogens is 270 g/mol. The standard InChI is InChI=1S/C20H15NO/c22-20(14-7-1-2-8-14)21-19-13-15-9-3-4-10-16(15)17-11-5-6-12-18(17)19/h1-7,9-13H,8H2,(H,21,22)/p-1. The maximum atomic E-state index is 12.3. The molecule has 3 aromatic carbocycles. The largest absolute Gasteiger partial charge is 0.858 e. The summed E-state index contributed by atoms with van der Waals surface area (Å²) in [5, 5.41) is 16.8. The summed E-state index contributed by atoms with van der Waals surface area (Å²) in [4.78, 5) is 4.37. The summed E-state index contributed by atoms with van der Waals surface area (Å²) >= 11 is 0. The van der Waals surface area contributed by atoms with Crippen molar-refractivity contribution < 1.29 is 5.11 Å². The molecule has 4 rings (SSSR count). The van der Waals surface area contributed by atoms with Crippen molar-refractivity contribution in [1.82, 2.24) is 0 Å². The van der Waals surface area contributed by atoms with E-state index in [1.54, 1.807) is 0 Å². The Morgan fingerprint density at radius 2 is 1.64 bits per heavy atom. The van der Waals surface area contributed by atoms with Crippen LogP contribution >= 0.6 is 0 Å². The molecule has 0 aromatic heterocycles. The van der Waals surface area contributed by atoms with Gasteiger partial charge in [0.2, 0.25) is 0 Å². The van der Waals surface area contributed by atoms with E-state index in [2.05, 4.69) is 23.2 Å². The highest BCUT2D eigenvalue weighted by molar-refractivity contribution is 6.13. The lowest BCUT2D eigenvalue weighted by Gasteiger charge is -2.14. The van der Waals surface area contributed by atoms with Crippen molar-refractivity contribution in [2.45, 2.75) is 6.42 Å². The topological polar surface area (TPSA) is 35.4 Å². The van der Waals surface area contributed by atoms with Gasteiger partial charge in [-0.05, 0) is 40.1 Å². The first kappa shape index (κ1) is 12.8. The Labute approximate surface area is 128 Å². The normalized spacial score (nSPS) is 14.7. The van der Waals surface area contributed by atoms with Crippen LogP contribution < -0.4 is 5.11 Å². The van der Waals surface area contributed by atoms with Gasteiger partial charge in [-0.25, -0.2) is 0 Å². The molecule has 0 saturated heterocycles. The second-order valence-electron chi connectivity index (χ2n) is 5.40. The molecule has 0 atom stereocenters. The van der Waals surface area contributed by atoms with E-state index in [-0.39, 0.29) is 5.90 Å². The smallest absolute Gasteiger partial charge is 0.0707 e. The molecule has 0 heterocycles. The van der Waals surface area contributed by atoms with Crippen molar-refractivity contribution in [1.29, 1.82) is 0 Å². The van der Waals surface area contributed by atoms with Gasteiger partial charge in [0.15, 0.2) is 0 Å². The van der Waals surface area contributed by atoms with Gasteiger partial charge in [0.05, 0.1) is 5.69 Å². The SMILES string of the molecule is [O-]C(=Nc1cc2ccccc2c2ccccc12)C1=CC=CC1. The molecule has 2 nitrogen and oxygen atoms in total. The monoisotopic (exact) mass is 284 g/mol. The van der Waals surface area contributed by atoms with Gasteiger partial charge < -0.3 is 5.11 Å². The molecule has 0 unspecified atom stereocenters. The number of aliphatic imine (C=N–C) groups is 1. The first-order valence-corrected chi connectivity index (χ1v) is 7.35. The average Bonchev–Trinajstić information content (AvgIpc) is 3.10. The highest BCUT2D eigenvalue weighted by Gasteiger charge is 2.06. The molecular formula is C20H14NO-. The zero-order valence-corrected chi connectivity index (χ0v) is 12.0. The highest BCUT2D eigenvalue weighted by atomic mass is 16.3. The minimum absolute atomic E-state index is 0.148. The molecule has 0 aliphatic heterocycles. The molecule has 0 fully saturated rings.